The van der Waals surface area contributed by atoms with Crippen molar-refractivity contribution in [2.45, 2.75) is 44.8 Å². The van der Waals surface area contributed by atoms with Gasteiger partial charge in [0.05, 0.1) is 25.4 Å². The zero-order valence-corrected chi connectivity index (χ0v) is 15.0. The summed E-state index contributed by atoms with van der Waals surface area (Å²) in [7, 11) is 0. The second kappa shape index (κ2) is 7.45. The minimum absolute atomic E-state index is 0.148. The smallest absolute Gasteiger partial charge is 0.348 e. The maximum Gasteiger partial charge on any atom is 0.348 e. The first kappa shape index (κ1) is 18.4. The van der Waals surface area contributed by atoms with Gasteiger partial charge in [0.1, 0.15) is 0 Å². The molecular formula is C19H23NO6. The van der Waals surface area contributed by atoms with Gasteiger partial charge >= 0.3 is 11.9 Å². The summed E-state index contributed by atoms with van der Waals surface area (Å²) >= 11 is 0. The monoisotopic (exact) mass is 361 g/mol. The van der Waals surface area contributed by atoms with Gasteiger partial charge in [-0.15, -0.1) is 0 Å². The number of hydrogen-bond acceptors (Lipinski definition) is 6. The second-order valence-electron chi connectivity index (χ2n) is 6.43. The van der Waals surface area contributed by atoms with Gasteiger partial charge in [0.15, 0.2) is 0 Å². The predicted molar refractivity (Wildman–Crippen MR) is 91.7 cm³/mol. The van der Waals surface area contributed by atoms with Crippen LogP contribution in [-0.2, 0) is 36.6 Å². The number of carbonyl (C=O) groups is 3. The molecule has 1 amide bonds. The first-order chi connectivity index (χ1) is 12.5. The Morgan fingerprint density at radius 1 is 1.15 bits per heavy atom. The molecule has 0 radical (unpaired) electrons. The SMILES string of the molecule is CCOC(=O)c1ccc2c(c1)CC(NC(=O)C1(C(=O)OCC)CCO1)C2. The van der Waals surface area contributed by atoms with Crippen molar-refractivity contribution < 1.29 is 28.6 Å². The number of carbonyl (C=O) groups excluding carboxylic acids is 3. The lowest BCUT2D eigenvalue weighted by Crippen LogP contribution is -2.63. The van der Waals surface area contributed by atoms with E-state index < -0.39 is 17.5 Å². The minimum Gasteiger partial charge on any atom is -0.463 e. The Labute approximate surface area is 152 Å². The van der Waals surface area contributed by atoms with E-state index in [2.05, 4.69) is 5.32 Å². The van der Waals surface area contributed by atoms with Crippen molar-refractivity contribution in [1.82, 2.24) is 5.32 Å². The van der Waals surface area contributed by atoms with Gasteiger partial charge in [-0.05, 0) is 49.9 Å². The summed E-state index contributed by atoms with van der Waals surface area (Å²) in [6.45, 7) is 4.34. The van der Waals surface area contributed by atoms with Crippen LogP contribution in [0.15, 0.2) is 18.2 Å². The van der Waals surface area contributed by atoms with E-state index in [9.17, 15) is 14.4 Å². The molecular weight excluding hydrogens is 338 g/mol. The molecule has 2 unspecified atom stereocenters. The molecule has 1 aliphatic carbocycles. The summed E-state index contributed by atoms with van der Waals surface area (Å²) in [5.41, 5.74) is 1.06. The average molecular weight is 361 g/mol. The van der Waals surface area contributed by atoms with Gasteiger partial charge in [0.25, 0.3) is 5.91 Å². The van der Waals surface area contributed by atoms with Gasteiger partial charge in [-0.3, -0.25) is 4.79 Å². The second-order valence-corrected chi connectivity index (χ2v) is 6.43. The highest BCUT2D eigenvalue weighted by Gasteiger charge is 2.54. The maximum absolute atomic E-state index is 12.6. The van der Waals surface area contributed by atoms with Gasteiger partial charge in [-0.2, -0.15) is 0 Å². The van der Waals surface area contributed by atoms with Crippen LogP contribution in [0, 0.1) is 0 Å². The molecule has 1 saturated heterocycles. The summed E-state index contributed by atoms with van der Waals surface area (Å²) in [4.78, 5) is 36.6. The Bertz CT molecular complexity index is 725. The minimum atomic E-state index is -1.51. The van der Waals surface area contributed by atoms with Crippen molar-refractivity contribution in [2.75, 3.05) is 19.8 Å². The number of benzene rings is 1. The van der Waals surface area contributed by atoms with Crippen LogP contribution in [0.4, 0.5) is 0 Å². The zero-order valence-electron chi connectivity index (χ0n) is 15.0. The largest absolute Gasteiger partial charge is 0.463 e. The lowest BCUT2D eigenvalue weighted by molar-refractivity contribution is -0.202. The molecule has 3 rings (SSSR count). The summed E-state index contributed by atoms with van der Waals surface area (Å²) in [6.07, 6.45) is 1.56. The van der Waals surface area contributed by atoms with Crippen LogP contribution >= 0.6 is 0 Å². The van der Waals surface area contributed by atoms with E-state index in [1.54, 1.807) is 26.0 Å². The summed E-state index contributed by atoms with van der Waals surface area (Å²) in [5, 5.41) is 2.90. The van der Waals surface area contributed by atoms with E-state index in [0.29, 0.717) is 38.0 Å². The van der Waals surface area contributed by atoms with E-state index in [1.807, 2.05) is 6.07 Å². The topological polar surface area (TPSA) is 90.9 Å². The first-order valence-electron chi connectivity index (χ1n) is 8.91. The molecule has 0 saturated carbocycles. The van der Waals surface area contributed by atoms with Gasteiger partial charge in [0.2, 0.25) is 5.60 Å². The maximum atomic E-state index is 12.6. The Balaban J connectivity index is 1.66. The fourth-order valence-corrected chi connectivity index (χ4v) is 3.35. The van der Waals surface area contributed by atoms with Crippen molar-refractivity contribution in [3.05, 3.63) is 34.9 Å². The van der Waals surface area contributed by atoms with Crippen LogP contribution < -0.4 is 5.32 Å². The number of fused-ring (bicyclic) bond motifs is 1. The highest BCUT2D eigenvalue weighted by Crippen LogP contribution is 2.30. The number of rotatable bonds is 6. The third-order valence-corrected chi connectivity index (χ3v) is 4.76. The lowest BCUT2D eigenvalue weighted by atomic mass is 9.93. The standard InChI is InChI=1S/C19H23NO6/c1-3-24-16(21)13-6-5-12-10-15(11-14(12)9-13)20-17(22)19(7-8-26-19)18(23)25-4-2/h5-6,9,15H,3-4,7-8,10-11H2,1-2H3,(H,20,22). The van der Waals surface area contributed by atoms with Gasteiger partial charge in [-0.1, -0.05) is 6.07 Å². The van der Waals surface area contributed by atoms with Crippen molar-refractivity contribution in [2.24, 2.45) is 0 Å². The van der Waals surface area contributed by atoms with E-state index in [0.717, 1.165) is 11.1 Å². The summed E-state index contributed by atoms with van der Waals surface area (Å²) < 4.78 is 15.3. The summed E-state index contributed by atoms with van der Waals surface area (Å²) in [6, 6.07) is 5.27. The van der Waals surface area contributed by atoms with Crippen LogP contribution in [0.2, 0.25) is 0 Å². The molecule has 0 aromatic heterocycles. The number of nitrogens with one attached hydrogen (secondary N) is 1. The highest BCUT2D eigenvalue weighted by atomic mass is 16.6. The third kappa shape index (κ3) is 3.31. The van der Waals surface area contributed by atoms with E-state index in [1.165, 1.54) is 0 Å². The number of hydrogen-bond donors (Lipinski definition) is 1. The van der Waals surface area contributed by atoms with Crippen LogP contribution in [0.3, 0.4) is 0 Å². The molecule has 1 N–H and O–H groups in total. The van der Waals surface area contributed by atoms with E-state index in [-0.39, 0.29) is 18.6 Å². The van der Waals surface area contributed by atoms with Crippen molar-refractivity contribution in [3.8, 4) is 0 Å². The Morgan fingerprint density at radius 3 is 2.46 bits per heavy atom. The van der Waals surface area contributed by atoms with Crippen LogP contribution in [0.25, 0.3) is 0 Å². The number of esters is 2. The molecule has 1 aromatic carbocycles. The molecule has 1 fully saturated rings. The lowest BCUT2D eigenvalue weighted by Gasteiger charge is -2.38. The number of amides is 1. The molecule has 1 heterocycles. The average Bonchev–Trinajstić information content (AvgIpc) is 2.95. The molecule has 140 valence electrons. The predicted octanol–water partition coefficient (Wildman–Crippen LogP) is 1.17. The normalized spacial score (nSPS) is 23.5. The zero-order chi connectivity index (χ0) is 18.7. The molecule has 7 nitrogen and oxygen atoms in total. The van der Waals surface area contributed by atoms with Crippen LogP contribution in [-0.4, -0.2) is 49.3 Å². The van der Waals surface area contributed by atoms with Crippen LogP contribution in [0.5, 0.6) is 0 Å². The molecule has 1 aromatic rings. The Hall–Kier alpha value is -2.41. The van der Waals surface area contributed by atoms with Gasteiger partial charge in [-0.25, -0.2) is 9.59 Å². The van der Waals surface area contributed by atoms with Gasteiger partial charge < -0.3 is 19.5 Å². The van der Waals surface area contributed by atoms with Crippen molar-refractivity contribution >= 4 is 17.8 Å². The van der Waals surface area contributed by atoms with E-state index >= 15 is 0 Å². The molecule has 0 spiro atoms. The van der Waals surface area contributed by atoms with Crippen molar-refractivity contribution in [1.29, 1.82) is 0 Å². The van der Waals surface area contributed by atoms with Gasteiger partial charge in [0, 0.05) is 12.5 Å². The van der Waals surface area contributed by atoms with Crippen LogP contribution in [0.1, 0.15) is 41.8 Å². The quantitative estimate of drug-likeness (QED) is 0.604. The fraction of sp³-hybridized carbons (Fsp3) is 0.526. The fourth-order valence-electron chi connectivity index (χ4n) is 3.35. The first-order valence-corrected chi connectivity index (χ1v) is 8.91. The molecule has 7 heteroatoms. The number of ether oxygens (including phenoxy) is 3. The third-order valence-electron chi connectivity index (χ3n) is 4.76. The van der Waals surface area contributed by atoms with Crippen molar-refractivity contribution in [3.63, 3.8) is 0 Å². The Kier molecular flexibility index (Phi) is 5.27. The molecule has 1 aliphatic heterocycles. The molecule has 0 bridgehead atoms. The molecule has 26 heavy (non-hydrogen) atoms. The highest BCUT2D eigenvalue weighted by molar-refractivity contribution is 6.07. The summed E-state index contributed by atoms with van der Waals surface area (Å²) in [5.74, 6) is -1.44. The Morgan fingerprint density at radius 2 is 1.85 bits per heavy atom. The molecule has 2 aliphatic rings. The molecule has 2 atom stereocenters. The van der Waals surface area contributed by atoms with E-state index in [4.69, 9.17) is 14.2 Å².